The highest BCUT2D eigenvalue weighted by atomic mass is 16.5. The summed E-state index contributed by atoms with van der Waals surface area (Å²) < 4.78 is 5.35. The molecule has 1 aliphatic heterocycles. The number of para-hydroxylation sites is 1. The van der Waals surface area contributed by atoms with E-state index in [2.05, 4.69) is 30.5 Å². The van der Waals surface area contributed by atoms with Crippen molar-refractivity contribution < 1.29 is 9.53 Å². The Morgan fingerprint density at radius 2 is 1.93 bits per heavy atom. The highest BCUT2D eigenvalue weighted by molar-refractivity contribution is 6.07. The van der Waals surface area contributed by atoms with E-state index in [1.54, 1.807) is 18.5 Å². The summed E-state index contributed by atoms with van der Waals surface area (Å²) in [7, 11) is 0. The lowest BCUT2D eigenvalue weighted by Crippen LogP contribution is -2.39. The molecule has 0 spiro atoms. The van der Waals surface area contributed by atoms with Gasteiger partial charge in [0.15, 0.2) is 0 Å². The van der Waals surface area contributed by atoms with Crippen molar-refractivity contribution >= 4 is 28.4 Å². The van der Waals surface area contributed by atoms with Crippen molar-refractivity contribution in [2.75, 3.05) is 50.0 Å². The van der Waals surface area contributed by atoms with Gasteiger partial charge in [-0.3, -0.25) is 14.7 Å². The molecule has 1 amide bonds. The Kier molecular flexibility index (Phi) is 5.69. The Morgan fingerprint density at radius 1 is 1.07 bits per heavy atom. The van der Waals surface area contributed by atoms with Crippen LogP contribution in [0, 0.1) is 0 Å². The molecule has 2 N–H and O–H groups in total. The van der Waals surface area contributed by atoms with Crippen molar-refractivity contribution in [3.63, 3.8) is 0 Å². The van der Waals surface area contributed by atoms with Gasteiger partial charge in [0.25, 0.3) is 5.91 Å². The Balaban J connectivity index is 1.39. The second-order valence-corrected chi connectivity index (χ2v) is 6.48. The SMILES string of the molecule is O=C(Nc1cccc2cccnc12)c1ccnc(NCCN2CCOCC2)n1. The second-order valence-electron chi connectivity index (χ2n) is 6.48. The Morgan fingerprint density at radius 3 is 2.82 bits per heavy atom. The molecule has 0 atom stereocenters. The number of anilines is 2. The van der Waals surface area contributed by atoms with Crippen molar-refractivity contribution in [3.8, 4) is 0 Å². The number of morpholine rings is 1. The molecule has 0 bridgehead atoms. The molecule has 144 valence electrons. The van der Waals surface area contributed by atoms with Crippen LogP contribution in [0.2, 0.25) is 0 Å². The molecule has 4 rings (SSSR count). The quantitative estimate of drug-likeness (QED) is 0.678. The lowest BCUT2D eigenvalue weighted by atomic mass is 10.2. The summed E-state index contributed by atoms with van der Waals surface area (Å²) >= 11 is 0. The van der Waals surface area contributed by atoms with Gasteiger partial charge in [-0.05, 0) is 18.2 Å². The van der Waals surface area contributed by atoms with Gasteiger partial charge in [0.2, 0.25) is 5.95 Å². The number of ether oxygens (including phenoxy) is 1. The molecule has 1 saturated heterocycles. The van der Waals surface area contributed by atoms with Gasteiger partial charge in [-0.2, -0.15) is 0 Å². The number of fused-ring (bicyclic) bond motifs is 1. The molecule has 8 nitrogen and oxygen atoms in total. The molecule has 0 radical (unpaired) electrons. The van der Waals surface area contributed by atoms with E-state index in [1.165, 1.54) is 0 Å². The first-order valence-corrected chi connectivity index (χ1v) is 9.32. The zero-order valence-corrected chi connectivity index (χ0v) is 15.5. The van der Waals surface area contributed by atoms with Crippen molar-refractivity contribution in [3.05, 3.63) is 54.5 Å². The van der Waals surface area contributed by atoms with Crippen LogP contribution in [0.3, 0.4) is 0 Å². The van der Waals surface area contributed by atoms with Gasteiger partial charge in [0, 0.05) is 44.0 Å². The average molecular weight is 378 g/mol. The fourth-order valence-electron chi connectivity index (χ4n) is 3.11. The van der Waals surface area contributed by atoms with E-state index in [4.69, 9.17) is 4.74 Å². The van der Waals surface area contributed by atoms with Gasteiger partial charge in [0.1, 0.15) is 5.69 Å². The summed E-state index contributed by atoms with van der Waals surface area (Å²) in [5.74, 6) is 0.147. The molecular formula is C20H22N6O2. The highest BCUT2D eigenvalue weighted by Gasteiger charge is 2.12. The van der Waals surface area contributed by atoms with E-state index in [0.717, 1.165) is 43.8 Å². The van der Waals surface area contributed by atoms with Crippen LogP contribution in [0.4, 0.5) is 11.6 Å². The van der Waals surface area contributed by atoms with Crippen LogP contribution in [-0.4, -0.2) is 65.2 Å². The van der Waals surface area contributed by atoms with Crippen LogP contribution < -0.4 is 10.6 Å². The van der Waals surface area contributed by atoms with E-state index in [1.807, 2.05) is 30.3 Å². The fraction of sp³-hybridized carbons (Fsp3) is 0.300. The molecule has 0 aliphatic carbocycles. The summed E-state index contributed by atoms with van der Waals surface area (Å²) in [5, 5.41) is 7.04. The van der Waals surface area contributed by atoms with Gasteiger partial charge >= 0.3 is 0 Å². The van der Waals surface area contributed by atoms with Gasteiger partial charge in [0.05, 0.1) is 24.4 Å². The molecule has 0 saturated carbocycles. The third-order valence-corrected chi connectivity index (χ3v) is 4.58. The van der Waals surface area contributed by atoms with E-state index in [9.17, 15) is 4.79 Å². The average Bonchev–Trinajstić information content (AvgIpc) is 2.75. The van der Waals surface area contributed by atoms with Crippen LogP contribution in [-0.2, 0) is 4.74 Å². The highest BCUT2D eigenvalue weighted by Crippen LogP contribution is 2.21. The van der Waals surface area contributed by atoms with Crippen molar-refractivity contribution in [1.82, 2.24) is 19.9 Å². The maximum atomic E-state index is 12.7. The zero-order valence-electron chi connectivity index (χ0n) is 15.5. The molecule has 1 fully saturated rings. The second kappa shape index (κ2) is 8.73. The van der Waals surface area contributed by atoms with Gasteiger partial charge in [-0.25, -0.2) is 9.97 Å². The van der Waals surface area contributed by atoms with E-state index >= 15 is 0 Å². The fourth-order valence-corrected chi connectivity index (χ4v) is 3.11. The largest absolute Gasteiger partial charge is 0.379 e. The van der Waals surface area contributed by atoms with Crippen molar-refractivity contribution in [1.29, 1.82) is 0 Å². The lowest BCUT2D eigenvalue weighted by Gasteiger charge is -2.26. The maximum Gasteiger partial charge on any atom is 0.274 e. The molecule has 1 aliphatic rings. The predicted octanol–water partition coefficient (Wildman–Crippen LogP) is 2.02. The number of hydrogen-bond acceptors (Lipinski definition) is 7. The number of nitrogens with zero attached hydrogens (tertiary/aromatic N) is 4. The summed E-state index contributed by atoms with van der Waals surface area (Å²) in [6, 6.07) is 11.1. The van der Waals surface area contributed by atoms with Crippen molar-refractivity contribution in [2.45, 2.75) is 0 Å². The van der Waals surface area contributed by atoms with Crippen LogP contribution in [0.25, 0.3) is 10.9 Å². The Labute approximate surface area is 163 Å². The minimum Gasteiger partial charge on any atom is -0.379 e. The first-order chi connectivity index (χ1) is 13.8. The Hall–Kier alpha value is -3.10. The van der Waals surface area contributed by atoms with Crippen LogP contribution >= 0.6 is 0 Å². The minimum absolute atomic E-state index is 0.295. The molecule has 3 aromatic rings. The monoisotopic (exact) mass is 378 g/mol. The third-order valence-electron chi connectivity index (χ3n) is 4.58. The van der Waals surface area contributed by atoms with Crippen molar-refractivity contribution in [2.24, 2.45) is 0 Å². The molecular weight excluding hydrogens is 356 g/mol. The van der Waals surface area contributed by atoms with E-state index in [-0.39, 0.29) is 5.91 Å². The number of hydrogen-bond donors (Lipinski definition) is 2. The van der Waals surface area contributed by atoms with Crippen LogP contribution in [0.15, 0.2) is 48.8 Å². The lowest BCUT2D eigenvalue weighted by molar-refractivity contribution is 0.0398. The molecule has 3 heterocycles. The number of pyridine rings is 1. The first kappa shape index (κ1) is 18.3. The predicted molar refractivity (Wildman–Crippen MR) is 107 cm³/mol. The molecule has 1 aromatic carbocycles. The van der Waals surface area contributed by atoms with E-state index < -0.39 is 0 Å². The van der Waals surface area contributed by atoms with Crippen LogP contribution in [0.1, 0.15) is 10.5 Å². The number of amides is 1. The molecule has 8 heteroatoms. The zero-order chi connectivity index (χ0) is 19.2. The van der Waals surface area contributed by atoms with Gasteiger partial charge in [-0.1, -0.05) is 18.2 Å². The number of nitrogens with one attached hydrogen (secondary N) is 2. The first-order valence-electron chi connectivity index (χ1n) is 9.32. The standard InChI is InChI=1S/C20H22N6O2/c27-19(24-16-5-1-3-15-4-2-7-21-18(15)16)17-6-8-22-20(25-17)23-9-10-26-11-13-28-14-12-26/h1-8H,9-14H2,(H,24,27)(H,22,23,25). The smallest absolute Gasteiger partial charge is 0.274 e. The van der Waals surface area contributed by atoms with Crippen LogP contribution in [0.5, 0.6) is 0 Å². The maximum absolute atomic E-state index is 12.7. The topological polar surface area (TPSA) is 92.3 Å². The normalized spacial score (nSPS) is 14.7. The Bertz CT molecular complexity index is 953. The number of carbonyl (C=O) groups is 1. The minimum atomic E-state index is -0.295. The molecule has 28 heavy (non-hydrogen) atoms. The molecule has 0 unspecified atom stereocenters. The summed E-state index contributed by atoms with van der Waals surface area (Å²) in [4.78, 5) is 27.9. The number of benzene rings is 1. The summed E-state index contributed by atoms with van der Waals surface area (Å²) in [6.45, 7) is 5.00. The molecule has 2 aromatic heterocycles. The summed E-state index contributed by atoms with van der Waals surface area (Å²) in [5.41, 5.74) is 1.71. The third kappa shape index (κ3) is 4.41. The number of carbonyl (C=O) groups excluding carboxylic acids is 1. The van der Waals surface area contributed by atoms with Gasteiger partial charge < -0.3 is 15.4 Å². The van der Waals surface area contributed by atoms with E-state index in [0.29, 0.717) is 23.9 Å². The van der Waals surface area contributed by atoms with Gasteiger partial charge in [-0.15, -0.1) is 0 Å². The summed E-state index contributed by atoms with van der Waals surface area (Å²) in [6.07, 6.45) is 3.29. The number of rotatable bonds is 6. The number of aromatic nitrogens is 3.